The van der Waals surface area contributed by atoms with E-state index in [1.165, 1.54) is 28.2 Å². The Morgan fingerprint density at radius 2 is 2.11 bits per heavy atom. The van der Waals surface area contributed by atoms with Crippen LogP contribution in [0.5, 0.6) is 5.75 Å². The molecule has 2 aromatic heterocycles. The minimum atomic E-state index is -0.401. The summed E-state index contributed by atoms with van der Waals surface area (Å²) in [5.41, 5.74) is 1.30. The third-order valence-electron chi connectivity index (χ3n) is 3.84. The van der Waals surface area contributed by atoms with Gasteiger partial charge in [-0.05, 0) is 37.6 Å². The summed E-state index contributed by atoms with van der Waals surface area (Å²) in [4.78, 5) is 29.1. The first-order valence-corrected chi connectivity index (χ1v) is 9.34. The van der Waals surface area contributed by atoms with Crippen LogP contribution in [0.2, 0.25) is 0 Å². The topological polar surface area (TPSA) is 97.0 Å². The lowest BCUT2D eigenvalue weighted by Gasteiger charge is -2.12. The molecule has 0 aliphatic rings. The fraction of sp³-hybridized carbons (Fsp3) is 0.200. The number of carbonyl (C=O) groups is 1. The van der Waals surface area contributed by atoms with Crippen LogP contribution in [0.25, 0.3) is 10.4 Å². The van der Waals surface area contributed by atoms with Crippen molar-refractivity contribution < 1.29 is 9.53 Å². The van der Waals surface area contributed by atoms with E-state index in [9.17, 15) is 14.9 Å². The summed E-state index contributed by atoms with van der Waals surface area (Å²) in [6.07, 6.45) is 3.12. The molecule has 8 heteroatoms. The molecule has 0 radical (unpaired) electrons. The molecular weight excluding hydrogens is 376 g/mol. The largest absolute Gasteiger partial charge is 0.490 e. The van der Waals surface area contributed by atoms with Gasteiger partial charge in [-0.25, -0.2) is 4.98 Å². The normalized spacial score (nSPS) is 10.5. The van der Waals surface area contributed by atoms with Crippen molar-refractivity contribution in [1.82, 2.24) is 9.55 Å². The average molecular weight is 394 g/mol. The van der Waals surface area contributed by atoms with E-state index in [1.807, 2.05) is 19.9 Å². The molecule has 2 heterocycles. The van der Waals surface area contributed by atoms with Crippen LogP contribution in [0, 0.1) is 11.3 Å². The molecule has 3 aromatic rings. The molecule has 0 spiro atoms. The number of hydrogen-bond donors (Lipinski definition) is 1. The lowest BCUT2D eigenvalue weighted by atomic mass is 10.1. The van der Waals surface area contributed by atoms with Gasteiger partial charge >= 0.3 is 0 Å². The highest BCUT2D eigenvalue weighted by Crippen LogP contribution is 2.33. The van der Waals surface area contributed by atoms with Crippen LogP contribution >= 0.6 is 11.3 Å². The monoisotopic (exact) mass is 394 g/mol. The van der Waals surface area contributed by atoms with Gasteiger partial charge in [-0.3, -0.25) is 14.9 Å². The van der Waals surface area contributed by atoms with Crippen molar-refractivity contribution in [2.45, 2.75) is 20.0 Å². The molecule has 28 heavy (non-hydrogen) atoms. The number of aryl methyl sites for hydroxylation is 1. The van der Waals surface area contributed by atoms with E-state index in [0.717, 1.165) is 10.4 Å². The Hall–Kier alpha value is -3.44. The summed E-state index contributed by atoms with van der Waals surface area (Å²) < 4.78 is 7.10. The van der Waals surface area contributed by atoms with Gasteiger partial charge in [-0.2, -0.15) is 5.26 Å². The first kappa shape index (κ1) is 19.3. The Balaban J connectivity index is 1.82. The highest BCUT2D eigenvalue weighted by Gasteiger charge is 2.13. The summed E-state index contributed by atoms with van der Waals surface area (Å²) in [5, 5.41) is 12.3. The van der Waals surface area contributed by atoms with E-state index >= 15 is 0 Å². The maximum absolute atomic E-state index is 12.3. The Labute approximate surface area is 165 Å². The molecule has 0 aliphatic heterocycles. The third kappa shape index (κ3) is 4.27. The van der Waals surface area contributed by atoms with Crippen molar-refractivity contribution in [2.24, 2.45) is 7.05 Å². The number of rotatable bonds is 5. The molecule has 0 saturated heterocycles. The zero-order chi connectivity index (χ0) is 20.3. The van der Waals surface area contributed by atoms with Gasteiger partial charge < -0.3 is 9.30 Å². The summed E-state index contributed by atoms with van der Waals surface area (Å²) in [6, 6.07) is 10.3. The lowest BCUT2D eigenvalue weighted by Crippen LogP contribution is -2.19. The number of anilines is 1. The molecule has 0 saturated carbocycles. The molecule has 0 atom stereocenters. The SMILES string of the molecule is CC(C)Oc1cc(-c2cnc(NC(=O)c3ccn(C)c(=O)c3)s2)ccc1C#N. The molecular formula is C20H18N4O3S. The van der Waals surface area contributed by atoms with E-state index in [0.29, 0.717) is 16.4 Å². The van der Waals surface area contributed by atoms with Gasteiger partial charge in [0.15, 0.2) is 5.13 Å². The minimum absolute atomic E-state index is 0.0581. The van der Waals surface area contributed by atoms with Crippen molar-refractivity contribution in [3.05, 3.63) is 64.2 Å². The maximum atomic E-state index is 12.3. The molecule has 7 nitrogen and oxygen atoms in total. The molecule has 1 N–H and O–H groups in total. The number of nitrogens with one attached hydrogen (secondary N) is 1. The number of aromatic nitrogens is 2. The highest BCUT2D eigenvalue weighted by molar-refractivity contribution is 7.19. The van der Waals surface area contributed by atoms with Crippen LogP contribution in [0.4, 0.5) is 5.13 Å². The number of thiazole rings is 1. The quantitative estimate of drug-likeness (QED) is 0.715. The highest BCUT2D eigenvalue weighted by atomic mass is 32.1. The summed E-state index contributed by atoms with van der Waals surface area (Å²) in [7, 11) is 1.62. The first-order chi connectivity index (χ1) is 13.4. The van der Waals surface area contributed by atoms with E-state index in [2.05, 4.69) is 16.4 Å². The van der Waals surface area contributed by atoms with Crippen LogP contribution in [-0.4, -0.2) is 21.6 Å². The molecule has 1 aromatic carbocycles. The van der Waals surface area contributed by atoms with Crippen molar-refractivity contribution >= 4 is 22.4 Å². The Bertz CT molecular complexity index is 1120. The van der Waals surface area contributed by atoms with Crippen LogP contribution < -0.4 is 15.6 Å². The second-order valence-electron chi connectivity index (χ2n) is 6.34. The number of ether oxygens (including phenoxy) is 1. The van der Waals surface area contributed by atoms with Crippen LogP contribution in [-0.2, 0) is 7.05 Å². The summed E-state index contributed by atoms with van der Waals surface area (Å²) in [5.74, 6) is 0.108. The second kappa shape index (κ2) is 8.06. The number of nitrogens with zero attached hydrogens (tertiary/aromatic N) is 3. The van der Waals surface area contributed by atoms with E-state index in [4.69, 9.17) is 4.74 Å². The van der Waals surface area contributed by atoms with Gasteiger partial charge in [0, 0.05) is 31.1 Å². The molecule has 0 unspecified atom stereocenters. The molecule has 0 fully saturated rings. The van der Waals surface area contributed by atoms with Gasteiger partial charge in [0.05, 0.1) is 16.5 Å². The predicted molar refractivity (Wildman–Crippen MR) is 108 cm³/mol. The van der Waals surface area contributed by atoms with Gasteiger partial charge in [0.25, 0.3) is 11.5 Å². The van der Waals surface area contributed by atoms with Gasteiger partial charge in [-0.15, -0.1) is 0 Å². The van der Waals surface area contributed by atoms with Crippen LogP contribution in [0.3, 0.4) is 0 Å². The molecule has 142 valence electrons. The van der Waals surface area contributed by atoms with Gasteiger partial charge in [0.2, 0.25) is 0 Å². The second-order valence-corrected chi connectivity index (χ2v) is 7.37. The average Bonchev–Trinajstić information content (AvgIpc) is 3.12. The number of carbonyl (C=O) groups excluding carboxylic acids is 1. The van der Waals surface area contributed by atoms with Crippen LogP contribution in [0.1, 0.15) is 29.8 Å². The molecule has 0 bridgehead atoms. The Kier molecular flexibility index (Phi) is 5.57. The molecule has 0 aliphatic carbocycles. The summed E-state index contributed by atoms with van der Waals surface area (Å²) in [6.45, 7) is 3.79. The van der Waals surface area contributed by atoms with E-state index < -0.39 is 5.91 Å². The summed E-state index contributed by atoms with van der Waals surface area (Å²) >= 11 is 1.29. The number of pyridine rings is 1. The van der Waals surface area contributed by atoms with Crippen molar-refractivity contribution in [3.63, 3.8) is 0 Å². The number of benzene rings is 1. The Morgan fingerprint density at radius 1 is 1.32 bits per heavy atom. The first-order valence-electron chi connectivity index (χ1n) is 8.52. The van der Waals surface area contributed by atoms with E-state index in [-0.39, 0.29) is 17.2 Å². The van der Waals surface area contributed by atoms with Crippen LogP contribution in [0.15, 0.2) is 47.5 Å². The zero-order valence-electron chi connectivity index (χ0n) is 15.6. The lowest BCUT2D eigenvalue weighted by molar-refractivity contribution is 0.102. The standard InChI is InChI=1S/C20H18N4O3S/c1-12(2)27-16-8-13(4-5-15(16)10-21)17-11-22-20(28-17)23-19(26)14-6-7-24(3)18(25)9-14/h4-9,11-12H,1-3H3,(H,22,23,26). The van der Waals surface area contributed by atoms with Crippen molar-refractivity contribution in [1.29, 1.82) is 5.26 Å². The zero-order valence-corrected chi connectivity index (χ0v) is 16.4. The minimum Gasteiger partial charge on any atom is -0.490 e. The smallest absolute Gasteiger partial charge is 0.257 e. The molecule has 3 rings (SSSR count). The molecule has 1 amide bonds. The third-order valence-corrected chi connectivity index (χ3v) is 4.80. The fourth-order valence-electron chi connectivity index (χ4n) is 2.44. The number of hydrogen-bond acceptors (Lipinski definition) is 6. The fourth-order valence-corrected chi connectivity index (χ4v) is 3.25. The van der Waals surface area contributed by atoms with Gasteiger partial charge in [0.1, 0.15) is 11.8 Å². The van der Waals surface area contributed by atoms with E-state index in [1.54, 1.807) is 31.4 Å². The van der Waals surface area contributed by atoms with Crippen molar-refractivity contribution in [3.8, 4) is 22.3 Å². The predicted octanol–water partition coefficient (Wildman–Crippen LogP) is 3.42. The van der Waals surface area contributed by atoms with Crippen molar-refractivity contribution in [2.75, 3.05) is 5.32 Å². The Morgan fingerprint density at radius 3 is 2.79 bits per heavy atom. The van der Waals surface area contributed by atoms with Gasteiger partial charge in [-0.1, -0.05) is 17.4 Å². The number of nitriles is 1. The maximum Gasteiger partial charge on any atom is 0.257 e. The number of amides is 1.